The number of amides is 2. The maximum Gasteiger partial charge on any atom is 0.321 e. The fourth-order valence-electron chi connectivity index (χ4n) is 0.541. The largest absolute Gasteiger partial charge is 0.376 e. The van der Waals surface area contributed by atoms with Crippen molar-refractivity contribution in [2.75, 3.05) is 27.1 Å². The van der Waals surface area contributed by atoms with Gasteiger partial charge in [0.15, 0.2) is 0 Å². The molecule has 0 fully saturated rings. The number of nitrogens with one attached hydrogen (secondary N) is 1. The topological polar surface area (TPSA) is 78.9 Å². The lowest BCUT2D eigenvalue weighted by Crippen LogP contribution is -2.42. The predicted molar refractivity (Wildman–Crippen MR) is 40.3 cm³/mol. The van der Waals surface area contributed by atoms with Crippen molar-refractivity contribution < 1.29 is 19.4 Å². The summed E-state index contributed by atoms with van der Waals surface area (Å²) in [7, 11) is 1.42. The van der Waals surface area contributed by atoms with E-state index in [4.69, 9.17) is 5.11 Å². The fourth-order valence-corrected chi connectivity index (χ4v) is 0.541. The Kier molecular flexibility index (Phi) is 5.94. The lowest BCUT2D eigenvalue weighted by atomic mass is 10.6. The van der Waals surface area contributed by atoms with E-state index in [0.717, 1.165) is 4.90 Å². The van der Waals surface area contributed by atoms with E-state index in [9.17, 15) is 9.59 Å². The first-order valence-corrected chi connectivity index (χ1v) is 3.32. The van der Waals surface area contributed by atoms with E-state index in [0.29, 0.717) is 6.29 Å². The van der Waals surface area contributed by atoms with Gasteiger partial charge in [0.2, 0.25) is 0 Å². The number of aliphatic hydroxyl groups excluding tert-OH is 1. The number of hydrogen-bond donors (Lipinski definition) is 2. The van der Waals surface area contributed by atoms with Crippen LogP contribution in [0.1, 0.15) is 0 Å². The number of rotatable bonds is 5. The molecule has 0 aromatic carbocycles. The molecular formula is C6H12N2O4. The molecule has 0 aliphatic carbocycles. The molecule has 0 aliphatic rings. The molecule has 0 saturated carbocycles. The normalized spacial score (nSPS) is 9.17. The molecule has 0 aromatic heterocycles. The number of hydrogen-bond acceptors (Lipinski definition) is 4. The summed E-state index contributed by atoms with van der Waals surface area (Å²) in [6, 6.07) is -0.536. The van der Waals surface area contributed by atoms with Gasteiger partial charge >= 0.3 is 6.03 Å². The van der Waals surface area contributed by atoms with Crippen LogP contribution in [-0.2, 0) is 9.53 Å². The summed E-state index contributed by atoms with van der Waals surface area (Å²) in [5, 5.41) is 10.9. The van der Waals surface area contributed by atoms with Gasteiger partial charge in [-0.15, -0.1) is 0 Å². The second-order valence-corrected chi connectivity index (χ2v) is 1.95. The highest BCUT2D eigenvalue weighted by Gasteiger charge is 2.09. The molecule has 0 rings (SSSR count). The Morgan fingerprint density at radius 2 is 2.42 bits per heavy atom. The number of methoxy groups -OCH3 is 1. The Morgan fingerprint density at radius 1 is 1.75 bits per heavy atom. The second kappa shape index (κ2) is 6.56. The van der Waals surface area contributed by atoms with Crippen LogP contribution in [0.3, 0.4) is 0 Å². The minimum Gasteiger partial charge on any atom is -0.376 e. The van der Waals surface area contributed by atoms with Crippen LogP contribution in [-0.4, -0.2) is 49.4 Å². The molecule has 0 radical (unpaired) electrons. The van der Waals surface area contributed by atoms with Crippen molar-refractivity contribution in [2.45, 2.75) is 0 Å². The number of aliphatic hydroxyl groups is 1. The van der Waals surface area contributed by atoms with Crippen molar-refractivity contribution in [3.8, 4) is 0 Å². The summed E-state index contributed by atoms with van der Waals surface area (Å²) < 4.78 is 4.56. The molecule has 0 heterocycles. The molecule has 0 aliphatic heterocycles. The second-order valence-electron chi connectivity index (χ2n) is 1.95. The Labute approximate surface area is 70.1 Å². The van der Waals surface area contributed by atoms with Crippen LogP contribution in [0.5, 0.6) is 0 Å². The van der Waals surface area contributed by atoms with Gasteiger partial charge in [-0.25, -0.2) is 4.79 Å². The molecular weight excluding hydrogens is 164 g/mol. The van der Waals surface area contributed by atoms with Gasteiger partial charge in [-0.3, -0.25) is 4.90 Å². The SMILES string of the molecule is COCNC(=O)N(CO)CC=O. The molecule has 12 heavy (non-hydrogen) atoms. The lowest BCUT2D eigenvalue weighted by molar-refractivity contribution is -0.109. The van der Waals surface area contributed by atoms with Gasteiger partial charge in [-0.1, -0.05) is 0 Å². The van der Waals surface area contributed by atoms with E-state index < -0.39 is 12.8 Å². The van der Waals surface area contributed by atoms with Crippen molar-refractivity contribution in [3.05, 3.63) is 0 Å². The average Bonchev–Trinajstić information content (AvgIpc) is 2.10. The zero-order valence-corrected chi connectivity index (χ0v) is 6.82. The van der Waals surface area contributed by atoms with Crippen LogP contribution < -0.4 is 5.32 Å². The fraction of sp³-hybridized carbons (Fsp3) is 0.667. The average molecular weight is 176 g/mol. The maximum atomic E-state index is 10.9. The van der Waals surface area contributed by atoms with Crippen LogP contribution in [0.25, 0.3) is 0 Å². The molecule has 0 spiro atoms. The highest BCUT2D eigenvalue weighted by molar-refractivity contribution is 5.76. The number of nitrogens with zero attached hydrogens (tertiary/aromatic N) is 1. The predicted octanol–water partition coefficient (Wildman–Crippen LogP) is -1.25. The summed E-state index contributed by atoms with van der Waals surface area (Å²) in [4.78, 5) is 21.9. The number of carbonyl (C=O) groups excluding carboxylic acids is 2. The highest BCUT2D eigenvalue weighted by Crippen LogP contribution is 1.84. The van der Waals surface area contributed by atoms with Gasteiger partial charge in [-0.2, -0.15) is 0 Å². The number of ether oxygens (including phenoxy) is 1. The lowest BCUT2D eigenvalue weighted by Gasteiger charge is -2.16. The third-order valence-electron chi connectivity index (χ3n) is 1.12. The van der Waals surface area contributed by atoms with Crippen LogP contribution in [0.4, 0.5) is 4.79 Å². The molecule has 0 bridgehead atoms. The van der Waals surface area contributed by atoms with Crippen molar-refractivity contribution in [1.29, 1.82) is 0 Å². The Bertz CT molecular complexity index is 150. The standard InChI is InChI=1S/C6H12N2O4/c1-12-4-7-6(11)8(5-10)2-3-9/h3,10H,2,4-5H2,1H3,(H,7,11). The first kappa shape index (κ1) is 10.9. The van der Waals surface area contributed by atoms with Crippen molar-refractivity contribution in [1.82, 2.24) is 10.2 Å². The number of aldehydes is 1. The summed E-state index contributed by atoms with van der Waals surface area (Å²) in [6.07, 6.45) is 0.530. The van der Waals surface area contributed by atoms with Gasteiger partial charge < -0.3 is 20.0 Å². The van der Waals surface area contributed by atoms with Gasteiger partial charge in [0.05, 0.1) is 6.54 Å². The van der Waals surface area contributed by atoms with Crippen LogP contribution in [0.2, 0.25) is 0 Å². The zero-order valence-electron chi connectivity index (χ0n) is 6.82. The highest BCUT2D eigenvalue weighted by atomic mass is 16.5. The van der Waals surface area contributed by atoms with E-state index in [2.05, 4.69) is 10.1 Å². The summed E-state index contributed by atoms with van der Waals surface area (Å²) in [5.41, 5.74) is 0. The first-order chi connectivity index (χ1) is 5.76. The summed E-state index contributed by atoms with van der Waals surface area (Å²) >= 11 is 0. The van der Waals surface area contributed by atoms with Gasteiger partial charge in [0, 0.05) is 7.11 Å². The Morgan fingerprint density at radius 3 is 2.83 bits per heavy atom. The molecule has 0 aromatic rings. The Hall–Kier alpha value is -1.14. The smallest absolute Gasteiger partial charge is 0.321 e. The molecule has 0 unspecified atom stereocenters. The number of carbonyl (C=O) groups is 2. The molecule has 6 heteroatoms. The van der Waals surface area contributed by atoms with Crippen LogP contribution in [0, 0.1) is 0 Å². The van der Waals surface area contributed by atoms with E-state index in [-0.39, 0.29) is 13.3 Å². The number of urea groups is 1. The molecule has 6 nitrogen and oxygen atoms in total. The minimum atomic E-state index is -0.536. The van der Waals surface area contributed by atoms with E-state index >= 15 is 0 Å². The maximum absolute atomic E-state index is 10.9. The van der Waals surface area contributed by atoms with Gasteiger partial charge in [-0.05, 0) is 0 Å². The third kappa shape index (κ3) is 3.89. The van der Waals surface area contributed by atoms with Crippen LogP contribution >= 0.6 is 0 Å². The minimum absolute atomic E-state index is 0.0498. The monoisotopic (exact) mass is 176 g/mol. The Balaban J connectivity index is 3.76. The molecule has 70 valence electrons. The summed E-state index contributed by atoms with van der Waals surface area (Å²) in [6.45, 7) is -0.575. The quantitative estimate of drug-likeness (QED) is 0.405. The first-order valence-electron chi connectivity index (χ1n) is 3.32. The zero-order chi connectivity index (χ0) is 9.40. The van der Waals surface area contributed by atoms with Gasteiger partial charge in [0.25, 0.3) is 0 Å². The van der Waals surface area contributed by atoms with Crippen molar-refractivity contribution >= 4 is 12.3 Å². The third-order valence-corrected chi connectivity index (χ3v) is 1.12. The molecule has 2 N–H and O–H groups in total. The molecule has 0 saturated heterocycles. The van der Waals surface area contributed by atoms with Crippen molar-refractivity contribution in [2.24, 2.45) is 0 Å². The van der Waals surface area contributed by atoms with Crippen LogP contribution in [0.15, 0.2) is 0 Å². The molecule has 0 atom stereocenters. The van der Waals surface area contributed by atoms with E-state index in [1.165, 1.54) is 7.11 Å². The van der Waals surface area contributed by atoms with E-state index in [1.807, 2.05) is 0 Å². The molecule has 2 amide bonds. The van der Waals surface area contributed by atoms with Crippen molar-refractivity contribution in [3.63, 3.8) is 0 Å². The van der Waals surface area contributed by atoms with E-state index in [1.54, 1.807) is 0 Å². The summed E-state index contributed by atoms with van der Waals surface area (Å²) in [5.74, 6) is 0. The van der Waals surface area contributed by atoms with Gasteiger partial charge in [0.1, 0.15) is 19.7 Å².